The Hall–Kier alpha value is -3.22. The first kappa shape index (κ1) is 21.0. The smallest absolute Gasteiger partial charge is 0.410 e. The Balaban J connectivity index is 1.50. The van der Waals surface area contributed by atoms with Crippen molar-refractivity contribution < 1.29 is 14.3 Å². The van der Waals surface area contributed by atoms with E-state index >= 15 is 0 Å². The predicted octanol–water partition coefficient (Wildman–Crippen LogP) is 3.97. The summed E-state index contributed by atoms with van der Waals surface area (Å²) in [6.45, 7) is 9.34. The van der Waals surface area contributed by atoms with Crippen molar-refractivity contribution in [3.8, 4) is 0 Å². The number of rotatable bonds is 3. The predicted molar refractivity (Wildman–Crippen MR) is 121 cm³/mol. The maximum atomic E-state index is 12.6. The highest BCUT2D eigenvalue weighted by Gasteiger charge is 2.30. The van der Waals surface area contributed by atoms with Crippen LogP contribution in [-0.4, -0.2) is 48.8 Å². The fourth-order valence-electron chi connectivity index (χ4n) is 4.04. The van der Waals surface area contributed by atoms with Gasteiger partial charge in [-0.15, -0.1) is 0 Å². The lowest BCUT2D eigenvalue weighted by Gasteiger charge is -2.39. The highest BCUT2D eigenvalue weighted by Crippen LogP contribution is 2.34. The van der Waals surface area contributed by atoms with E-state index in [1.807, 2.05) is 63.2 Å². The molecule has 31 heavy (non-hydrogen) atoms. The minimum atomic E-state index is -0.493. The van der Waals surface area contributed by atoms with Crippen LogP contribution in [-0.2, 0) is 17.8 Å². The SMILES string of the molecule is CC(C)(C)OC(=O)N1CCN(c2cccc3c2CNC(=O)N3Cc2ccccc2)CC1. The third kappa shape index (κ3) is 4.76. The Bertz CT molecular complexity index is 947. The Morgan fingerprint density at radius 3 is 2.32 bits per heavy atom. The van der Waals surface area contributed by atoms with E-state index in [4.69, 9.17) is 4.74 Å². The molecular weight excluding hydrogens is 392 g/mol. The summed E-state index contributed by atoms with van der Waals surface area (Å²) in [5.74, 6) is 0. The molecule has 164 valence electrons. The van der Waals surface area contributed by atoms with Crippen LogP contribution in [0.1, 0.15) is 31.9 Å². The molecule has 3 amide bonds. The van der Waals surface area contributed by atoms with E-state index < -0.39 is 5.60 Å². The van der Waals surface area contributed by atoms with Gasteiger partial charge in [0.05, 0.1) is 12.2 Å². The lowest BCUT2D eigenvalue weighted by Crippen LogP contribution is -2.51. The van der Waals surface area contributed by atoms with Crippen LogP contribution in [0.4, 0.5) is 21.0 Å². The second-order valence-corrected chi connectivity index (χ2v) is 8.96. The van der Waals surface area contributed by atoms with Crippen molar-refractivity contribution in [3.63, 3.8) is 0 Å². The first-order chi connectivity index (χ1) is 14.8. The molecule has 0 aliphatic carbocycles. The Labute approximate surface area is 183 Å². The van der Waals surface area contributed by atoms with Crippen molar-refractivity contribution in [2.75, 3.05) is 36.0 Å². The highest BCUT2D eigenvalue weighted by atomic mass is 16.6. The number of benzene rings is 2. The van der Waals surface area contributed by atoms with Gasteiger partial charge in [0, 0.05) is 44.0 Å². The van der Waals surface area contributed by atoms with E-state index in [2.05, 4.69) is 16.3 Å². The van der Waals surface area contributed by atoms with Crippen molar-refractivity contribution in [1.29, 1.82) is 0 Å². The number of carbonyl (C=O) groups excluding carboxylic acids is 2. The van der Waals surface area contributed by atoms with Gasteiger partial charge in [-0.2, -0.15) is 0 Å². The fraction of sp³-hybridized carbons (Fsp3) is 0.417. The summed E-state index contributed by atoms with van der Waals surface area (Å²) in [4.78, 5) is 30.9. The summed E-state index contributed by atoms with van der Waals surface area (Å²) < 4.78 is 5.51. The van der Waals surface area contributed by atoms with Gasteiger partial charge in [0.25, 0.3) is 0 Å². The minimum absolute atomic E-state index is 0.0803. The number of hydrogen-bond acceptors (Lipinski definition) is 4. The lowest BCUT2D eigenvalue weighted by atomic mass is 10.0. The van der Waals surface area contributed by atoms with Gasteiger partial charge in [-0.25, -0.2) is 9.59 Å². The molecule has 0 atom stereocenters. The quantitative estimate of drug-likeness (QED) is 0.813. The van der Waals surface area contributed by atoms with Gasteiger partial charge in [0.15, 0.2) is 0 Å². The number of nitrogens with zero attached hydrogens (tertiary/aromatic N) is 3. The summed E-state index contributed by atoms with van der Waals surface area (Å²) >= 11 is 0. The first-order valence-electron chi connectivity index (χ1n) is 10.8. The van der Waals surface area contributed by atoms with Gasteiger partial charge in [-0.05, 0) is 38.5 Å². The largest absolute Gasteiger partial charge is 0.444 e. The molecule has 1 saturated heterocycles. The van der Waals surface area contributed by atoms with Crippen molar-refractivity contribution in [3.05, 3.63) is 59.7 Å². The van der Waals surface area contributed by atoms with Crippen LogP contribution in [0.25, 0.3) is 0 Å². The molecule has 0 radical (unpaired) electrons. The Morgan fingerprint density at radius 2 is 1.65 bits per heavy atom. The zero-order valence-corrected chi connectivity index (χ0v) is 18.4. The summed E-state index contributed by atoms with van der Waals surface area (Å²) in [6, 6.07) is 16.0. The molecule has 0 saturated carbocycles. The molecule has 2 aliphatic heterocycles. The number of fused-ring (bicyclic) bond motifs is 1. The third-order valence-corrected chi connectivity index (χ3v) is 5.53. The average molecular weight is 423 g/mol. The number of piperazine rings is 1. The average Bonchev–Trinajstić information content (AvgIpc) is 2.75. The van der Waals surface area contributed by atoms with E-state index in [-0.39, 0.29) is 12.1 Å². The summed E-state index contributed by atoms with van der Waals surface area (Å²) in [5.41, 5.74) is 3.76. The normalized spacial score (nSPS) is 16.6. The molecule has 2 heterocycles. The zero-order chi connectivity index (χ0) is 22.0. The van der Waals surface area contributed by atoms with Crippen LogP contribution in [0, 0.1) is 0 Å². The number of anilines is 2. The zero-order valence-electron chi connectivity index (χ0n) is 18.4. The number of urea groups is 1. The molecule has 0 unspecified atom stereocenters. The van der Waals surface area contributed by atoms with E-state index in [0.29, 0.717) is 26.2 Å². The van der Waals surface area contributed by atoms with Crippen molar-refractivity contribution in [2.24, 2.45) is 0 Å². The lowest BCUT2D eigenvalue weighted by molar-refractivity contribution is 0.0240. The molecule has 4 rings (SSSR count). The third-order valence-electron chi connectivity index (χ3n) is 5.53. The highest BCUT2D eigenvalue weighted by molar-refractivity contribution is 5.96. The monoisotopic (exact) mass is 422 g/mol. The van der Waals surface area contributed by atoms with E-state index in [1.54, 1.807) is 9.80 Å². The van der Waals surface area contributed by atoms with E-state index in [9.17, 15) is 9.59 Å². The molecule has 1 fully saturated rings. The van der Waals surface area contributed by atoms with Crippen molar-refractivity contribution in [2.45, 2.75) is 39.5 Å². The maximum Gasteiger partial charge on any atom is 0.410 e. The van der Waals surface area contributed by atoms with Crippen LogP contribution in [0.3, 0.4) is 0 Å². The second-order valence-electron chi connectivity index (χ2n) is 8.96. The molecule has 2 aromatic carbocycles. The van der Waals surface area contributed by atoms with Gasteiger partial charge < -0.3 is 19.9 Å². The number of nitrogens with one attached hydrogen (secondary N) is 1. The van der Waals surface area contributed by atoms with Crippen LogP contribution < -0.4 is 15.1 Å². The van der Waals surface area contributed by atoms with E-state index in [1.165, 1.54) is 0 Å². The summed E-state index contributed by atoms with van der Waals surface area (Å²) in [6.07, 6.45) is -0.261. The van der Waals surface area contributed by atoms with Crippen LogP contribution in [0.15, 0.2) is 48.5 Å². The second kappa shape index (κ2) is 8.49. The Kier molecular flexibility index (Phi) is 5.76. The molecule has 7 heteroatoms. The topological polar surface area (TPSA) is 65.1 Å². The first-order valence-corrected chi connectivity index (χ1v) is 10.8. The molecular formula is C24H30N4O3. The molecule has 7 nitrogen and oxygen atoms in total. The number of amides is 3. The minimum Gasteiger partial charge on any atom is -0.444 e. The van der Waals surface area contributed by atoms with Crippen LogP contribution in [0.2, 0.25) is 0 Å². The van der Waals surface area contributed by atoms with Gasteiger partial charge >= 0.3 is 12.1 Å². The van der Waals surface area contributed by atoms with Gasteiger partial charge in [0.1, 0.15) is 5.60 Å². The summed E-state index contributed by atoms with van der Waals surface area (Å²) in [7, 11) is 0. The van der Waals surface area contributed by atoms with Crippen molar-refractivity contribution in [1.82, 2.24) is 10.2 Å². The molecule has 0 bridgehead atoms. The molecule has 0 spiro atoms. The van der Waals surface area contributed by atoms with Gasteiger partial charge in [-0.3, -0.25) is 4.90 Å². The van der Waals surface area contributed by atoms with Crippen LogP contribution in [0.5, 0.6) is 0 Å². The maximum absolute atomic E-state index is 12.6. The van der Waals surface area contributed by atoms with E-state index in [0.717, 1.165) is 35.6 Å². The van der Waals surface area contributed by atoms with Gasteiger partial charge in [0.2, 0.25) is 0 Å². The Morgan fingerprint density at radius 1 is 0.968 bits per heavy atom. The molecule has 0 aromatic heterocycles. The standard InChI is InChI=1S/C24H30N4O3/c1-24(2,3)31-23(30)27-14-12-26(13-15-27)20-10-7-11-21-19(20)16-25-22(29)28(21)17-18-8-5-4-6-9-18/h4-11H,12-17H2,1-3H3,(H,25,29). The number of hydrogen-bond donors (Lipinski definition) is 1. The van der Waals surface area contributed by atoms with Gasteiger partial charge in [-0.1, -0.05) is 36.4 Å². The van der Waals surface area contributed by atoms with Crippen molar-refractivity contribution >= 4 is 23.5 Å². The number of ether oxygens (including phenoxy) is 1. The summed E-state index contributed by atoms with van der Waals surface area (Å²) in [5, 5.41) is 3.02. The molecule has 2 aromatic rings. The fourth-order valence-corrected chi connectivity index (χ4v) is 4.04. The number of carbonyl (C=O) groups is 2. The molecule has 1 N–H and O–H groups in total. The molecule has 2 aliphatic rings. The van der Waals surface area contributed by atoms with Crippen LogP contribution >= 0.6 is 0 Å².